The van der Waals surface area contributed by atoms with Gasteiger partial charge in [-0.3, -0.25) is 14.4 Å². The third kappa shape index (κ3) is 9.77. The lowest BCUT2D eigenvalue weighted by Gasteiger charge is -2.28. The number of rotatable bonds is 17. The lowest BCUT2D eigenvalue weighted by molar-refractivity contribution is -0.142. The molecule has 0 spiro atoms. The van der Waals surface area contributed by atoms with E-state index in [1.165, 1.54) is 11.8 Å². The summed E-state index contributed by atoms with van der Waals surface area (Å²) in [5.74, 6) is -1.63. The van der Waals surface area contributed by atoms with Gasteiger partial charge in [0.05, 0.1) is 6.04 Å². The van der Waals surface area contributed by atoms with E-state index in [4.69, 9.17) is 5.73 Å². The fourth-order valence-corrected chi connectivity index (χ4v) is 5.06. The average molecular weight is 580 g/mol. The molecule has 3 amide bonds. The summed E-state index contributed by atoms with van der Waals surface area (Å²) in [6.07, 6.45) is 7.05. The summed E-state index contributed by atoms with van der Waals surface area (Å²) in [6.45, 7) is 3.70. The van der Waals surface area contributed by atoms with Crippen LogP contribution in [0.5, 0.6) is 0 Å². The molecule has 39 heavy (non-hydrogen) atoms. The summed E-state index contributed by atoms with van der Waals surface area (Å²) in [6, 6.07) is 3.75. The molecule has 2 rings (SSSR count). The average Bonchev–Trinajstić information content (AvgIpc) is 3.33. The fourth-order valence-electron chi connectivity index (χ4n) is 4.10. The second kappa shape index (κ2) is 16.4. The van der Waals surface area contributed by atoms with Crippen molar-refractivity contribution in [3.05, 3.63) is 36.0 Å². The molecule has 7 N–H and O–H groups in total. The van der Waals surface area contributed by atoms with E-state index in [9.17, 15) is 24.3 Å². The Kier molecular flexibility index (Phi) is 13.7. The number of nitrogens with one attached hydrogen (secondary N) is 4. The Morgan fingerprint density at radius 1 is 0.949 bits per heavy atom. The van der Waals surface area contributed by atoms with Gasteiger partial charge in [-0.1, -0.05) is 38.5 Å². The summed E-state index contributed by atoms with van der Waals surface area (Å²) < 4.78 is 0. The molecule has 5 unspecified atom stereocenters. The van der Waals surface area contributed by atoms with Gasteiger partial charge >= 0.3 is 5.97 Å². The zero-order valence-corrected chi connectivity index (χ0v) is 24.6. The number of carbonyl (C=O) groups is 4. The Morgan fingerprint density at radius 3 is 2.23 bits per heavy atom. The molecule has 0 aliphatic carbocycles. The van der Waals surface area contributed by atoms with E-state index < -0.39 is 47.9 Å². The van der Waals surface area contributed by atoms with Gasteiger partial charge in [-0.05, 0) is 54.4 Å². The molecule has 0 fully saturated rings. The molecule has 12 heteroatoms. The van der Waals surface area contributed by atoms with Gasteiger partial charge in [0.2, 0.25) is 17.7 Å². The third-order valence-electron chi connectivity index (χ3n) is 6.72. The van der Waals surface area contributed by atoms with E-state index >= 15 is 0 Å². The van der Waals surface area contributed by atoms with Crippen molar-refractivity contribution < 1.29 is 24.3 Å². The number of H-pyrrole nitrogens is 1. The van der Waals surface area contributed by atoms with Crippen LogP contribution in [0.2, 0.25) is 0 Å². The monoisotopic (exact) mass is 579 g/mol. The summed E-state index contributed by atoms with van der Waals surface area (Å²) >= 11 is 3.11. The van der Waals surface area contributed by atoms with E-state index in [-0.39, 0.29) is 12.3 Å². The molecule has 216 valence electrons. The van der Waals surface area contributed by atoms with E-state index in [1.54, 1.807) is 18.0 Å². The van der Waals surface area contributed by atoms with Crippen LogP contribution in [0.3, 0.4) is 0 Å². The number of benzene rings is 1. The molecule has 1 heterocycles. The van der Waals surface area contributed by atoms with Crippen LogP contribution in [0.4, 0.5) is 0 Å². The highest BCUT2D eigenvalue weighted by Gasteiger charge is 2.33. The summed E-state index contributed by atoms with van der Waals surface area (Å²) in [5, 5.41) is 18.9. The standard InChI is InChI=1S/C27H41N5O5S2/c1-5-16(2)23(32-25(34)21(11-13-39-4)30-24(33)19(28)10-12-38-3)26(35)31-22(27(36)37)14-17-15-29-20-9-7-6-8-18(17)20/h6-9,15-16,19,21-23,29H,5,10-14,28H2,1-4H3,(H,30,33)(H,31,35)(H,32,34)(H,36,37). The van der Waals surface area contributed by atoms with Crippen LogP contribution in [0, 0.1) is 5.92 Å². The molecule has 10 nitrogen and oxygen atoms in total. The number of carboxylic acids is 1. The Balaban J connectivity index is 2.16. The largest absolute Gasteiger partial charge is 0.480 e. The molecule has 0 saturated heterocycles. The number of aromatic amines is 1. The number of para-hydroxylation sites is 1. The van der Waals surface area contributed by atoms with Gasteiger partial charge in [0, 0.05) is 23.5 Å². The normalized spacial score (nSPS) is 15.1. The smallest absolute Gasteiger partial charge is 0.326 e. The maximum atomic E-state index is 13.4. The number of carboxylic acid groups (broad SMARTS) is 1. The Bertz CT molecular complexity index is 1110. The zero-order valence-electron chi connectivity index (χ0n) is 23.0. The highest BCUT2D eigenvalue weighted by atomic mass is 32.2. The van der Waals surface area contributed by atoms with Crippen molar-refractivity contribution in [3.8, 4) is 0 Å². The number of nitrogens with two attached hydrogens (primary N) is 1. The van der Waals surface area contributed by atoms with E-state index in [1.807, 2.05) is 50.6 Å². The number of amides is 3. The van der Waals surface area contributed by atoms with Gasteiger partial charge in [0.1, 0.15) is 18.1 Å². The van der Waals surface area contributed by atoms with Crippen LogP contribution in [0.1, 0.15) is 38.7 Å². The molecule has 1 aromatic carbocycles. The molecule has 2 aromatic rings. The molecule has 0 aliphatic heterocycles. The van der Waals surface area contributed by atoms with Crippen molar-refractivity contribution >= 4 is 58.1 Å². The van der Waals surface area contributed by atoms with Crippen LogP contribution in [0.25, 0.3) is 10.9 Å². The van der Waals surface area contributed by atoms with Crippen LogP contribution in [0.15, 0.2) is 30.5 Å². The SMILES string of the molecule is CCC(C)C(NC(=O)C(CCSC)NC(=O)C(N)CCSC)C(=O)NC(Cc1c[nH]c2ccccc12)C(=O)O. The van der Waals surface area contributed by atoms with E-state index in [0.29, 0.717) is 25.0 Å². The maximum absolute atomic E-state index is 13.4. The second-order valence-corrected chi connectivity index (χ2v) is 11.5. The molecule has 1 aromatic heterocycles. The Labute approximate surface area is 238 Å². The highest BCUT2D eigenvalue weighted by Crippen LogP contribution is 2.19. The van der Waals surface area contributed by atoms with Gasteiger partial charge in [-0.2, -0.15) is 23.5 Å². The number of aromatic nitrogens is 1. The quantitative estimate of drug-likeness (QED) is 0.166. The molecular weight excluding hydrogens is 538 g/mol. The van der Waals surface area contributed by atoms with Crippen molar-refractivity contribution in [1.29, 1.82) is 0 Å². The first-order valence-electron chi connectivity index (χ1n) is 13.0. The van der Waals surface area contributed by atoms with Crippen molar-refractivity contribution in [3.63, 3.8) is 0 Å². The van der Waals surface area contributed by atoms with Crippen molar-refractivity contribution in [2.75, 3.05) is 24.0 Å². The lowest BCUT2D eigenvalue weighted by atomic mass is 9.96. The van der Waals surface area contributed by atoms with Gasteiger partial charge in [-0.15, -0.1) is 0 Å². The molecule has 0 saturated carbocycles. The second-order valence-electron chi connectivity index (χ2n) is 9.57. The van der Waals surface area contributed by atoms with E-state index in [2.05, 4.69) is 20.9 Å². The van der Waals surface area contributed by atoms with Crippen molar-refractivity contribution in [1.82, 2.24) is 20.9 Å². The van der Waals surface area contributed by atoms with Gasteiger partial charge in [-0.25, -0.2) is 4.79 Å². The number of hydrogen-bond donors (Lipinski definition) is 6. The van der Waals surface area contributed by atoms with Gasteiger partial charge in [0.25, 0.3) is 0 Å². The number of aliphatic carboxylic acids is 1. The highest BCUT2D eigenvalue weighted by molar-refractivity contribution is 7.98. The first kappa shape index (κ1) is 32.5. The maximum Gasteiger partial charge on any atom is 0.326 e. The molecule has 0 radical (unpaired) electrons. The lowest BCUT2D eigenvalue weighted by Crippen LogP contribution is -2.59. The summed E-state index contributed by atoms with van der Waals surface area (Å²) in [7, 11) is 0. The third-order valence-corrected chi connectivity index (χ3v) is 8.01. The van der Waals surface area contributed by atoms with Crippen LogP contribution >= 0.6 is 23.5 Å². The number of thioether (sulfide) groups is 2. The first-order chi connectivity index (χ1) is 18.6. The summed E-state index contributed by atoms with van der Waals surface area (Å²) in [4.78, 5) is 54.5. The molecular formula is C27H41N5O5S2. The summed E-state index contributed by atoms with van der Waals surface area (Å²) in [5.41, 5.74) is 7.63. The van der Waals surface area contributed by atoms with E-state index in [0.717, 1.165) is 22.2 Å². The minimum atomic E-state index is -1.19. The molecule has 0 bridgehead atoms. The van der Waals surface area contributed by atoms with Crippen LogP contribution in [-0.4, -0.2) is 82.0 Å². The predicted octanol–water partition coefficient (Wildman–Crippen LogP) is 2.13. The molecule has 0 aliphatic rings. The zero-order chi connectivity index (χ0) is 28.9. The van der Waals surface area contributed by atoms with Gasteiger partial charge < -0.3 is 31.8 Å². The Hall–Kier alpha value is -2.70. The van der Waals surface area contributed by atoms with Crippen molar-refractivity contribution in [2.24, 2.45) is 11.7 Å². The number of hydrogen-bond acceptors (Lipinski definition) is 7. The Morgan fingerprint density at radius 2 is 1.59 bits per heavy atom. The number of fused-ring (bicyclic) bond motifs is 1. The molecule has 5 atom stereocenters. The topological polar surface area (TPSA) is 166 Å². The van der Waals surface area contributed by atoms with Crippen molar-refractivity contribution in [2.45, 2.75) is 63.7 Å². The van der Waals surface area contributed by atoms with Crippen LogP contribution in [-0.2, 0) is 25.6 Å². The van der Waals surface area contributed by atoms with Crippen LogP contribution < -0.4 is 21.7 Å². The fraction of sp³-hybridized carbons (Fsp3) is 0.556. The number of carbonyl (C=O) groups excluding carboxylic acids is 3. The minimum Gasteiger partial charge on any atom is -0.480 e. The first-order valence-corrected chi connectivity index (χ1v) is 15.8. The van der Waals surface area contributed by atoms with Gasteiger partial charge in [0.15, 0.2) is 0 Å². The minimum absolute atomic E-state index is 0.0760. The predicted molar refractivity (Wildman–Crippen MR) is 159 cm³/mol.